The van der Waals surface area contributed by atoms with Gasteiger partial charge in [-0.05, 0) is 12.8 Å². The first-order valence-electron chi connectivity index (χ1n) is 6.59. The minimum absolute atomic E-state index is 0.138. The zero-order valence-corrected chi connectivity index (χ0v) is 13.4. The Kier molecular flexibility index (Phi) is 4.91. The Morgan fingerprint density at radius 2 is 2.05 bits per heavy atom. The fourth-order valence-corrected chi connectivity index (χ4v) is 4.86. The second-order valence-electron chi connectivity index (χ2n) is 4.99. The van der Waals surface area contributed by atoms with Crippen molar-refractivity contribution in [2.24, 2.45) is 0 Å². The summed E-state index contributed by atoms with van der Waals surface area (Å²) in [6.45, 7) is 1.31. The molecule has 0 spiro atoms. The highest BCUT2D eigenvalue weighted by Gasteiger charge is 2.36. The van der Waals surface area contributed by atoms with Gasteiger partial charge in [-0.15, -0.1) is 10.2 Å². The summed E-state index contributed by atoms with van der Waals surface area (Å²) in [5.74, 6) is -0.342. The minimum atomic E-state index is -3.82. The number of anilines is 1. The topological polar surface area (TPSA) is 112 Å². The lowest BCUT2D eigenvalue weighted by molar-refractivity contribution is -0.114. The predicted octanol–water partition coefficient (Wildman–Crippen LogP) is 0.420. The number of aromatic nitrogens is 2. The standard InChI is InChI=1S/C11H18N4O4S2/c1-7(16)12-10-13-14-11(20-10)21(18,19)15(2)8-5-3-4-6-9(8)17/h8-9,17H,3-6H2,1-2H3,(H,12,13,16)/t8-,9-/m1/s1. The second-order valence-corrected chi connectivity index (χ2v) is 8.14. The van der Waals surface area contributed by atoms with E-state index < -0.39 is 22.2 Å². The number of sulfonamides is 1. The van der Waals surface area contributed by atoms with Gasteiger partial charge in [0.1, 0.15) is 0 Å². The van der Waals surface area contributed by atoms with E-state index in [9.17, 15) is 18.3 Å². The molecule has 0 saturated heterocycles. The molecule has 118 valence electrons. The van der Waals surface area contributed by atoms with E-state index in [0.29, 0.717) is 12.8 Å². The van der Waals surface area contributed by atoms with Gasteiger partial charge < -0.3 is 10.4 Å². The van der Waals surface area contributed by atoms with Gasteiger partial charge in [-0.1, -0.05) is 24.2 Å². The van der Waals surface area contributed by atoms with Crippen LogP contribution in [0.1, 0.15) is 32.6 Å². The molecule has 1 aromatic heterocycles. The summed E-state index contributed by atoms with van der Waals surface area (Å²) in [7, 11) is -2.38. The van der Waals surface area contributed by atoms with E-state index in [1.54, 1.807) is 0 Å². The lowest BCUT2D eigenvalue weighted by Crippen LogP contribution is -2.46. The van der Waals surface area contributed by atoms with Crippen LogP contribution in [0.4, 0.5) is 5.13 Å². The van der Waals surface area contributed by atoms with E-state index in [4.69, 9.17) is 0 Å². The number of carbonyl (C=O) groups excluding carboxylic acids is 1. The molecule has 1 fully saturated rings. The van der Waals surface area contributed by atoms with Crippen molar-refractivity contribution in [3.05, 3.63) is 0 Å². The van der Waals surface area contributed by atoms with Crippen LogP contribution < -0.4 is 5.32 Å². The number of rotatable bonds is 4. The van der Waals surface area contributed by atoms with E-state index in [0.717, 1.165) is 28.5 Å². The maximum absolute atomic E-state index is 12.5. The Hall–Kier alpha value is -1.10. The van der Waals surface area contributed by atoms with Crippen LogP contribution >= 0.6 is 11.3 Å². The highest BCUT2D eigenvalue weighted by molar-refractivity contribution is 7.91. The third-order valence-electron chi connectivity index (χ3n) is 3.45. The van der Waals surface area contributed by atoms with Gasteiger partial charge in [0.05, 0.1) is 12.1 Å². The van der Waals surface area contributed by atoms with Crippen LogP contribution in [0.25, 0.3) is 0 Å². The highest BCUT2D eigenvalue weighted by atomic mass is 32.2. The van der Waals surface area contributed by atoms with E-state index in [-0.39, 0.29) is 15.4 Å². The Balaban J connectivity index is 2.20. The molecular formula is C11H18N4O4S2. The molecule has 2 rings (SSSR count). The first kappa shape index (κ1) is 16.3. The number of nitrogens with one attached hydrogen (secondary N) is 1. The molecule has 0 aliphatic heterocycles. The lowest BCUT2D eigenvalue weighted by atomic mass is 9.93. The summed E-state index contributed by atoms with van der Waals surface area (Å²) in [5.41, 5.74) is 0. The van der Waals surface area contributed by atoms with Gasteiger partial charge in [-0.3, -0.25) is 4.79 Å². The Bertz CT molecular complexity index is 615. The third-order valence-corrected chi connectivity index (χ3v) is 6.52. The van der Waals surface area contributed by atoms with E-state index in [1.165, 1.54) is 14.0 Å². The molecular weight excluding hydrogens is 316 g/mol. The number of aliphatic hydroxyl groups is 1. The van der Waals surface area contributed by atoms with Gasteiger partial charge in [0, 0.05) is 14.0 Å². The lowest BCUT2D eigenvalue weighted by Gasteiger charge is -2.33. The first-order valence-corrected chi connectivity index (χ1v) is 8.85. The molecule has 8 nitrogen and oxygen atoms in total. The van der Waals surface area contributed by atoms with E-state index in [2.05, 4.69) is 15.5 Å². The summed E-state index contributed by atoms with van der Waals surface area (Å²) in [5, 5.41) is 19.8. The highest BCUT2D eigenvalue weighted by Crippen LogP contribution is 2.29. The zero-order chi connectivity index (χ0) is 15.6. The maximum atomic E-state index is 12.5. The minimum Gasteiger partial charge on any atom is -0.391 e. The molecule has 1 saturated carbocycles. The van der Waals surface area contributed by atoms with E-state index in [1.807, 2.05) is 0 Å². The molecule has 0 radical (unpaired) electrons. The van der Waals surface area contributed by atoms with Gasteiger partial charge in [0.2, 0.25) is 15.4 Å². The summed E-state index contributed by atoms with van der Waals surface area (Å²) >= 11 is 0.796. The molecule has 1 aliphatic rings. The SMILES string of the molecule is CC(=O)Nc1nnc(S(=O)(=O)N(C)[C@@H]2CCCC[C@H]2O)s1. The zero-order valence-electron chi connectivity index (χ0n) is 11.8. The van der Waals surface area contributed by atoms with Crippen molar-refractivity contribution in [3.8, 4) is 0 Å². The fraction of sp³-hybridized carbons (Fsp3) is 0.727. The van der Waals surface area contributed by atoms with E-state index >= 15 is 0 Å². The van der Waals surface area contributed by atoms with Crippen LogP contribution in [0.5, 0.6) is 0 Å². The van der Waals surface area contributed by atoms with Crippen molar-refractivity contribution in [1.29, 1.82) is 0 Å². The molecule has 10 heteroatoms. The molecule has 0 bridgehead atoms. The molecule has 21 heavy (non-hydrogen) atoms. The van der Waals surface area contributed by atoms with Gasteiger partial charge in [-0.2, -0.15) is 4.31 Å². The Morgan fingerprint density at radius 3 is 2.67 bits per heavy atom. The van der Waals surface area contributed by atoms with Crippen LogP contribution in [0.15, 0.2) is 4.34 Å². The summed E-state index contributed by atoms with van der Waals surface area (Å²) in [4.78, 5) is 10.9. The smallest absolute Gasteiger partial charge is 0.272 e. The number of hydrogen-bond acceptors (Lipinski definition) is 7. The van der Waals surface area contributed by atoms with Crippen molar-refractivity contribution >= 4 is 32.4 Å². The van der Waals surface area contributed by atoms with Crippen molar-refractivity contribution in [2.75, 3.05) is 12.4 Å². The van der Waals surface area contributed by atoms with Crippen LogP contribution in [0, 0.1) is 0 Å². The van der Waals surface area contributed by atoms with Crippen molar-refractivity contribution < 1.29 is 18.3 Å². The maximum Gasteiger partial charge on any atom is 0.272 e. The quantitative estimate of drug-likeness (QED) is 0.772. The largest absolute Gasteiger partial charge is 0.391 e. The third kappa shape index (κ3) is 3.57. The molecule has 0 aromatic carbocycles. The predicted molar refractivity (Wildman–Crippen MR) is 77.4 cm³/mol. The molecule has 1 aromatic rings. The fourth-order valence-electron chi connectivity index (χ4n) is 2.33. The van der Waals surface area contributed by atoms with Crippen LogP contribution in [0.3, 0.4) is 0 Å². The van der Waals surface area contributed by atoms with Gasteiger partial charge in [0.15, 0.2) is 0 Å². The number of nitrogens with zero attached hydrogens (tertiary/aromatic N) is 3. The summed E-state index contributed by atoms with van der Waals surface area (Å²) in [6.07, 6.45) is 2.33. The molecule has 1 heterocycles. The average molecular weight is 334 g/mol. The second kappa shape index (κ2) is 6.34. The molecule has 0 unspecified atom stereocenters. The monoisotopic (exact) mass is 334 g/mol. The van der Waals surface area contributed by atoms with Crippen LogP contribution in [-0.4, -0.2) is 53.1 Å². The molecule has 1 aliphatic carbocycles. The van der Waals surface area contributed by atoms with Crippen LogP contribution in [0.2, 0.25) is 0 Å². The normalized spacial score (nSPS) is 23.2. The van der Waals surface area contributed by atoms with Crippen molar-refractivity contribution in [2.45, 2.75) is 49.1 Å². The summed E-state index contributed by atoms with van der Waals surface area (Å²) < 4.78 is 25.9. The number of carbonyl (C=O) groups is 1. The Morgan fingerprint density at radius 1 is 1.38 bits per heavy atom. The van der Waals surface area contributed by atoms with Crippen molar-refractivity contribution in [3.63, 3.8) is 0 Å². The average Bonchev–Trinajstić information content (AvgIpc) is 2.87. The van der Waals surface area contributed by atoms with Gasteiger partial charge in [-0.25, -0.2) is 8.42 Å². The number of likely N-dealkylation sites (N-methyl/N-ethyl adjacent to an activating group) is 1. The Labute approximate surface area is 127 Å². The van der Waals surface area contributed by atoms with Crippen molar-refractivity contribution in [1.82, 2.24) is 14.5 Å². The number of amides is 1. The molecule has 2 N–H and O–H groups in total. The number of hydrogen-bond donors (Lipinski definition) is 2. The first-order chi connectivity index (χ1) is 9.82. The van der Waals surface area contributed by atoms with Gasteiger partial charge in [0.25, 0.3) is 10.0 Å². The molecule has 2 atom stereocenters. The molecule has 1 amide bonds. The van der Waals surface area contributed by atoms with Gasteiger partial charge >= 0.3 is 0 Å². The number of aliphatic hydroxyl groups excluding tert-OH is 1. The van der Waals surface area contributed by atoms with Crippen LogP contribution in [-0.2, 0) is 14.8 Å². The summed E-state index contributed by atoms with van der Waals surface area (Å²) in [6, 6.07) is -0.447.